The van der Waals surface area contributed by atoms with Crippen LogP contribution in [0.5, 0.6) is 0 Å². The second-order valence-electron chi connectivity index (χ2n) is 1.65. The zero-order valence-corrected chi connectivity index (χ0v) is 5.48. The van der Waals surface area contributed by atoms with Crippen molar-refractivity contribution in [2.75, 3.05) is 0 Å². The monoisotopic (exact) mass is 128 g/mol. The molecule has 8 heavy (non-hydrogen) atoms. The molecule has 0 aromatic heterocycles. The topological polar surface area (TPSA) is 38.4 Å². The van der Waals surface area contributed by atoms with Crippen LogP contribution < -0.4 is 5.73 Å². The summed E-state index contributed by atoms with van der Waals surface area (Å²) in [5.41, 5.74) is 5.39. The lowest BCUT2D eigenvalue weighted by Crippen LogP contribution is -2.11. The Morgan fingerprint density at radius 2 is 2.62 bits per heavy atom. The van der Waals surface area contributed by atoms with Crippen molar-refractivity contribution in [1.82, 2.24) is 0 Å². The zero-order valence-electron chi connectivity index (χ0n) is 4.66. The van der Waals surface area contributed by atoms with Crippen molar-refractivity contribution in [3.8, 4) is 0 Å². The van der Waals surface area contributed by atoms with Crippen molar-refractivity contribution in [3.63, 3.8) is 0 Å². The zero-order chi connectivity index (χ0) is 5.98. The minimum atomic E-state index is 0.274. The molecule has 3 heteroatoms. The summed E-state index contributed by atoms with van der Waals surface area (Å²) in [4.78, 5) is 4.05. The number of aliphatic imine (C=N–C) groups is 1. The van der Waals surface area contributed by atoms with Crippen LogP contribution in [0.1, 0.15) is 6.92 Å². The van der Waals surface area contributed by atoms with E-state index in [0.717, 1.165) is 0 Å². The summed E-state index contributed by atoms with van der Waals surface area (Å²) >= 11 is 1.47. The van der Waals surface area contributed by atoms with Crippen LogP contribution in [0.3, 0.4) is 0 Å². The molecule has 1 unspecified atom stereocenters. The quantitative estimate of drug-likeness (QED) is 0.527. The lowest BCUT2D eigenvalue weighted by atomic mass is 10.4. The number of thioether (sulfide) groups is 1. The van der Waals surface area contributed by atoms with Crippen LogP contribution in [0.4, 0.5) is 0 Å². The molecule has 0 saturated heterocycles. The first kappa shape index (κ1) is 5.69. The van der Waals surface area contributed by atoms with Gasteiger partial charge in [-0.05, 0) is 12.3 Å². The smallest absolute Gasteiger partial charge is 0.158 e. The fourth-order valence-corrected chi connectivity index (χ4v) is 1.17. The molecule has 0 radical (unpaired) electrons. The highest BCUT2D eigenvalue weighted by Crippen LogP contribution is 2.10. The van der Waals surface area contributed by atoms with E-state index >= 15 is 0 Å². The van der Waals surface area contributed by atoms with Crippen molar-refractivity contribution in [1.29, 1.82) is 0 Å². The van der Waals surface area contributed by atoms with Gasteiger partial charge in [-0.3, -0.25) is 4.99 Å². The number of nitrogens with two attached hydrogens (primary N) is 1. The van der Waals surface area contributed by atoms with E-state index in [1.165, 1.54) is 11.8 Å². The van der Waals surface area contributed by atoms with Gasteiger partial charge in [0, 0.05) is 0 Å². The van der Waals surface area contributed by atoms with Gasteiger partial charge in [0.1, 0.15) is 0 Å². The van der Waals surface area contributed by atoms with Gasteiger partial charge >= 0.3 is 0 Å². The Labute approximate surface area is 52.9 Å². The van der Waals surface area contributed by atoms with Gasteiger partial charge in [-0.15, -0.1) is 0 Å². The van der Waals surface area contributed by atoms with E-state index in [2.05, 4.69) is 4.99 Å². The Morgan fingerprint density at radius 3 is 3.00 bits per heavy atom. The summed E-state index contributed by atoms with van der Waals surface area (Å²) < 4.78 is 0. The fraction of sp³-hybridized carbons (Fsp3) is 0.400. The van der Waals surface area contributed by atoms with Gasteiger partial charge in [-0.25, -0.2) is 0 Å². The van der Waals surface area contributed by atoms with E-state index in [0.29, 0.717) is 5.17 Å². The van der Waals surface area contributed by atoms with Crippen molar-refractivity contribution < 1.29 is 0 Å². The number of hydrogen-bond donors (Lipinski definition) is 1. The largest absolute Gasteiger partial charge is 0.378 e. The average molecular weight is 128 g/mol. The molecule has 0 bridgehead atoms. The van der Waals surface area contributed by atoms with Gasteiger partial charge in [-0.2, -0.15) is 0 Å². The van der Waals surface area contributed by atoms with Crippen LogP contribution in [0, 0.1) is 0 Å². The first-order chi connectivity index (χ1) is 3.79. The highest BCUT2D eigenvalue weighted by atomic mass is 32.2. The van der Waals surface area contributed by atoms with Crippen LogP contribution in [-0.2, 0) is 0 Å². The molecule has 1 rings (SSSR count). The molecule has 2 N–H and O–H groups in total. The minimum absolute atomic E-state index is 0.274. The molecule has 1 aliphatic rings. The maximum Gasteiger partial charge on any atom is 0.158 e. The summed E-state index contributed by atoms with van der Waals surface area (Å²) in [6, 6.07) is 0.274. The Hall–Kier alpha value is -0.440. The summed E-state index contributed by atoms with van der Waals surface area (Å²) in [6.07, 6.45) is 2.01. The van der Waals surface area contributed by atoms with Gasteiger partial charge in [0.15, 0.2) is 5.17 Å². The second-order valence-corrected chi connectivity index (χ2v) is 2.58. The molecule has 0 fully saturated rings. The molecule has 1 heterocycles. The van der Waals surface area contributed by atoms with E-state index in [4.69, 9.17) is 5.73 Å². The van der Waals surface area contributed by atoms with Gasteiger partial charge in [-0.1, -0.05) is 17.8 Å². The molecule has 1 atom stereocenters. The Morgan fingerprint density at radius 1 is 1.88 bits per heavy atom. The van der Waals surface area contributed by atoms with E-state index in [1.807, 2.05) is 18.4 Å². The fourth-order valence-electron chi connectivity index (χ4n) is 0.497. The van der Waals surface area contributed by atoms with E-state index < -0.39 is 0 Å². The Balaban J connectivity index is 2.60. The van der Waals surface area contributed by atoms with Gasteiger partial charge < -0.3 is 5.73 Å². The van der Waals surface area contributed by atoms with Crippen LogP contribution >= 0.6 is 11.8 Å². The third kappa shape index (κ3) is 1.26. The lowest BCUT2D eigenvalue weighted by Gasteiger charge is -2.05. The number of amidine groups is 1. The molecule has 0 saturated carbocycles. The van der Waals surface area contributed by atoms with E-state index in [1.54, 1.807) is 0 Å². The molecular weight excluding hydrogens is 120 g/mol. The molecule has 44 valence electrons. The minimum Gasteiger partial charge on any atom is -0.378 e. The van der Waals surface area contributed by atoms with Crippen molar-refractivity contribution in [2.45, 2.75) is 13.0 Å². The van der Waals surface area contributed by atoms with Crippen LogP contribution in [0.15, 0.2) is 16.5 Å². The molecule has 0 aromatic rings. The standard InChI is InChI=1S/C5H8N2S/c1-4-2-3-8-5(6)7-4/h2-4H,1H3,(H2,6,7). The average Bonchev–Trinajstić information content (AvgIpc) is 1.64. The maximum atomic E-state index is 5.39. The Bertz CT molecular complexity index is 139. The molecule has 0 amide bonds. The summed E-state index contributed by atoms with van der Waals surface area (Å²) in [5, 5.41) is 2.63. The highest BCUT2D eigenvalue weighted by molar-refractivity contribution is 8.16. The van der Waals surface area contributed by atoms with Crippen LogP contribution in [-0.4, -0.2) is 11.2 Å². The Kier molecular flexibility index (Phi) is 1.58. The molecule has 1 aliphatic heterocycles. The predicted molar refractivity (Wildman–Crippen MR) is 37.8 cm³/mol. The number of hydrogen-bond acceptors (Lipinski definition) is 3. The molecule has 0 spiro atoms. The second kappa shape index (κ2) is 2.22. The molecule has 0 aromatic carbocycles. The van der Waals surface area contributed by atoms with E-state index in [9.17, 15) is 0 Å². The molecule has 2 nitrogen and oxygen atoms in total. The van der Waals surface area contributed by atoms with Crippen molar-refractivity contribution in [2.24, 2.45) is 10.7 Å². The van der Waals surface area contributed by atoms with E-state index in [-0.39, 0.29) is 6.04 Å². The van der Waals surface area contributed by atoms with Crippen LogP contribution in [0.2, 0.25) is 0 Å². The number of nitrogens with zero attached hydrogens (tertiary/aromatic N) is 1. The first-order valence-electron chi connectivity index (χ1n) is 2.45. The summed E-state index contributed by atoms with van der Waals surface area (Å²) in [5.74, 6) is 0. The third-order valence-electron chi connectivity index (χ3n) is 0.877. The third-order valence-corrected chi connectivity index (χ3v) is 1.52. The lowest BCUT2D eigenvalue weighted by molar-refractivity contribution is 0.928. The van der Waals surface area contributed by atoms with Gasteiger partial charge in [0.2, 0.25) is 0 Å². The van der Waals surface area contributed by atoms with Gasteiger partial charge in [0.25, 0.3) is 0 Å². The normalized spacial score (nSPS) is 27.6. The SMILES string of the molecule is CC1C=CSC(N)=N1. The number of rotatable bonds is 0. The van der Waals surface area contributed by atoms with Crippen molar-refractivity contribution in [3.05, 3.63) is 11.5 Å². The summed E-state index contributed by atoms with van der Waals surface area (Å²) in [6.45, 7) is 2.00. The highest BCUT2D eigenvalue weighted by Gasteiger charge is 1.99. The van der Waals surface area contributed by atoms with Gasteiger partial charge in [0.05, 0.1) is 6.04 Å². The summed E-state index contributed by atoms with van der Waals surface area (Å²) in [7, 11) is 0. The molecular formula is C5H8N2S. The van der Waals surface area contributed by atoms with Crippen LogP contribution in [0.25, 0.3) is 0 Å². The first-order valence-corrected chi connectivity index (χ1v) is 3.33. The maximum absolute atomic E-state index is 5.39. The van der Waals surface area contributed by atoms with Crippen molar-refractivity contribution >= 4 is 16.9 Å². The predicted octanol–water partition coefficient (Wildman–Crippen LogP) is 0.950. The molecule has 0 aliphatic carbocycles.